The van der Waals surface area contributed by atoms with Gasteiger partial charge in [0, 0.05) is 54.6 Å². The summed E-state index contributed by atoms with van der Waals surface area (Å²) in [5.74, 6) is 0.265. The second kappa shape index (κ2) is 7.69. The molecule has 174 valence electrons. The summed E-state index contributed by atoms with van der Waals surface area (Å²) >= 11 is 0. The van der Waals surface area contributed by atoms with Gasteiger partial charge in [0.15, 0.2) is 23.0 Å². The highest BCUT2D eigenvalue weighted by atomic mass is 19.1. The van der Waals surface area contributed by atoms with Crippen molar-refractivity contribution in [3.8, 4) is 22.5 Å². The molecule has 35 heavy (non-hydrogen) atoms. The van der Waals surface area contributed by atoms with Gasteiger partial charge in [0.05, 0.1) is 28.8 Å². The first kappa shape index (κ1) is 20.9. The van der Waals surface area contributed by atoms with Crippen LogP contribution < -0.4 is 5.56 Å². The predicted octanol–water partition coefficient (Wildman–Crippen LogP) is 3.55. The van der Waals surface area contributed by atoms with Gasteiger partial charge in [-0.1, -0.05) is 5.16 Å². The molecular formula is C24H19FN8O2. The van der Waals surface area contributed by atoms with E-state index < -0.39 is 11.9 Å². The summed E-state index contributed by atoms with van der Waals surface area (Å²) in [6.45, 7) is 3.60. The summed E-state index contributed by atoms with van der Waals surface area (Å²) in [5, 5.41) is 16.7. The molecule has 0 aliphatic carbocycles. The largest absolute Gasteiger partial charge is 0.356 e. The van der Waals surface area contributed by atoms with Crippen LogP contribution in [0.3, 0.4) is 0 Å². The Morgan fingerprint density at radius 2 is 1.91 bits per heavy atom. The number of pyridine rings is 3. The van der Waals surface area contributed by atoms with Crippen molar-refractivity contribution in [1.82, 2.24) is 39.1 Å². The van der Waals surface area contributed by atoms with Gasteiger partial charge in [-0.15, -0.1) is 10.2 Å². The van der Waals surface area contributed by atoms with Crippen LogP contribution in [0.1, 0.15) is 24.5 Å². The van der Waals surface area contributed by atoms with Gasteiger partial charge in [-0.3, -0.25) is 18.9 Å². The lowest BCUT2D eigenvalue weighted by molar-refractivity contribution is 0.426. The van der Waals surface area contributed by atoms with Crippen LogP contribution in [0, 0.1) is 12.7 Å². The second-order valence-corrected chi connectivity index (χ2v) is 8.42. The Balaban J connectivity index is 1.47. The van der Waals surface area contributed by atoms with Gasteiger partial charge in [-0.05, 0) is 32.0 Å². The van der Waals surface area contributed by atoms with Gasteiger partial charge in [0.2, 0.25) is 0 Å². The summed E-state index contributed by atoms with van der Waals surface area (Å²) in [7, 11) is 1.83. The molecular weight excluding hydrogens is 451 g/mol. The summed E-state index contributed by atoms with van der Waals surface area (Å²) in [6.07, 6.45) is 8.63. The van der Waals surface area contributed by atoms with Gasteiger partial charge < -0.3 is 9.09 Å². The zero-order valence-corrected chi connectivity index (χ0v) is 19.0. The monoisotopic (exact) mass is 470 g/mol. The molecule has 0 saturated heterocycles. The van der Waals surface area contributed by atoms with E-state index in [9.17, 15) is 9.18 Å². The molecule has 0 fully saturated rings. The Morgan fingerprint density at radius 3 is 2.66 bits per heavy atom. The Kier molecular flexibility index (Phi) is 4.59. The quantitative estimate of drug-likeness (QED) is 0.388. The minimum absolute atomic E-state index is 0.0567. The maximum Gasteiger partial charge on any atom is 0.260 e. The highest BCUT2D eigenvalue weighted by Gasteiger charge is 2.21. The second-order valence-electron chi connectivity index (χ2n) is 8.42. The molecule has 1 atom stereocenters. The third kappa shape index (κ3) is 3.39. The standard InChI is InChI=1S/C24H19FN8O2/c1-13-6-21(35-30-13)16-8-19(25)23-29-28-22(33(23)12-16)14(2)32-5-4-20-18(24(32)34)7-15(9-26-20)17-10-27-31(3)11-17/h4-12,14H,1-3H3/t14-/m1/s1. The van der Waals surface area contributed by atoms with E-state index in [4.69, 9.17) is 4.52 Å². The summed E-state index contributed by atoms with van der Waals surface area (Å²) in [5.41, 5.74) is 3.20. The Hall–Kier alpha value is -4.67. The number of aromatic nitrogens is 8. The van der Waals surface area contributed by atoms with E-state index in [1.807, 2.05) is 20.2 Å². The van der Waals surface area contributed by atoms with E-state index in [0.717, 1.165) is 11.1 Å². The predicted molar refractivity (Wildman–Crippen MR) is 125 cm³/mol. The van der Waals surface area contributed by atoms with E-state index in [-0.39, 0.29) is 11.2 Å². The molecule has 0 amide bonds. The van der Waals surface area contributed by atoms with Crippen molar-refractivity contribution in [2.24, 2.45) is 7.05 Å². The lowest BCUT2D eigenvalue weighted by atomic mass is 10.1. The first-order valence-electron chi connectivity index (χ1n) is 10.9. The Bertz CT molecular complexity index is 1790. The van der Waals surface area contributed by atoms with Crippen molar-refractivity contribution in [3.05, 3.63) is 82.9 Å². The van der Waals surface area contributed by atoms with Crippen molar-refractivity contribution >= 4 is 16.6 Å². The number of hydrogen-bond donors (Lipinski definition) is 0. The van der Waals surface area contributed by atoms with Crippen molar-refractivity contribution in [2.75, 3.05) is 0 Å². The highest BCUT2D eigenvalue weighted by Crippen LogP contribution is 2.26. The molecule has 0 saturated carbocycles. The van der Waals surface area contributed by atoms with Crippen molar-refractivity contribution < 1.29 is 8.91 Å². The van der Waals surface area contributed by atoms with Gasteiger partial charge in [0.1, 0.15) is 0 Å². The van der Waals surface area contributed by atoms with E-state index in [2.05, 4.69) is 25.4 Å². The molecule has 6 aromatic heterocycles. The van der Waals surface area contributed by atoms with Gasteiger partial charge in [0.25, 0.3) is 5.56 Å². The van der Waals surface area contributed by atoms with Crippen LogP contribution in [0.4, 0.5) is 4.39 Å². The fourth-order valence-electron chi connectivity index (χ4n) is 4.18. The molecule has 0 unspecified atom stereocenters. The van der Waals surface area contributed by atoms with E-state index in [1.165, 1.54) is 15.0 Å². The van der Waals surface area contributed by atoms with Crippen LogP contribution >= 0.6 is 0 Å². The number of aryl methyl sites for hydroxylation is 2. The zero-order chi connectivity index (χ0) is 24.3. The van der Waals surface area contributed by atoms with Crippen LogP contribution in [0.5, 0.6) is 0 Å². The number of nitrogens with zero attached hydrogens (tertiary/aromatic N) is 8. The SMILES string of the molecule is Cc1cc(-c2cc(F)c3nnc([C@@H](C)n4ccc5ncc(-c6cnn(C)c6)cc5c4=O)n3c2)on1. The number of fused-ring (bicyclic) bond motifs is 2. The van der Waals surface area contributed by atoms with E-state index >= 15 is 0 Å². The first-order valence-corrected chi connectivity index (χ1v) is 10.9. The van der Waals surface area contributed by atoms with Crippen LogP contribution in [0.25, 0.3) is 39.0 Å². The third-order valence-electron chi connectivity index (χ3n) is 6.00. The van der Waals surface area contributed by atoms with Crippen molar-refractivity contribution in [3.63, 3.8) is 0 Å². The molecule has 6 heterocycles. The number of hydrogen-bond acceptors (Lipinski definition) is 7. The molecule has 11 heteroatoms. The lowest BCUT2D eigenvalue weighted by Crippen LogP contribution is -2.25. The first-order chi connectivity index (χ1) is 16.9. The molecule has 0 radical (unpaired) electrons. The minimum atomic E-state index is -0.557. The molecule has 0 spiro atoms. The Morgan fingerprint density at radius 1 is 1.06 bits per heavy atom. The molecule has 0 aliphatic rings. The number of halogens is 1. The Labute approximate surface area is 197 Å². The topological polar surface area (TPSA) is 109 Å². The molecule has 0 N–H and O–H groups in total. The van der Waals surface area contributed by atoms with Gasteiger partial charge in [-0.2, -0.15) is 5.10 Å². The average Bonchev–Trinajstić information content (AvgIpc) is 3.58. The molecule has 6 rings (SSSR count). The smallest absolute Gasteiger partial charge is 0.260 e. The van der Waals surface area contributed by atoms with Crippen LogP contribution in [-0.2, 0) is 7.05 Å². The molecule has 6 aromatic rings. The molecule has 0 aromatic carbocycles. The maximum absolute atomic E-state index is 14.8. The zero-order valence-electron chi connectivity index (χ0n) is 19.0. The fraction of sp³-hybridized carbons (Fsp3) is 0.167. The maximum atomic E-state index is 14.8. The number of rotatable bonds is 4. The van der Waals surface area contributed by atoms with Gasteiger partial charge >= 0.3 is 0 Å². The minimum Gasteiger partial charge on any atom is -0.356 e. The lowest BCUT2D eigenvalue weighted by Gasteiger charge is -2.15. The summed E-state index contributed by atoms with van der Waals surface area (Å²) < 4.78 is 24.9. The summed E-state index contributed by atoms with van der Waals surface area (Å²) in [6, 6.07) is 6.07. The van der Waals surface area contributed by atoms with Crippen LogP contribution in [0.15, 0.2) is 64.6 Å². The van der Waals surface area contributed by atoms with E-state index in [1.54, 1.807) is 54.6 Å². The van der Waals surface area contributed by atoms with Crippen molar-refractivity contribution in [2.45, 2.75) is 19.9 Å². The fourth-order valence-corrected chi connectivity index (χ4v) is 4.18. The van der Waals surface area contributed by atoms with E-state index in [0.29, 0.717) is 33.7 Å². The normalized spacial score (nSPS) is 12.6. The highest BCUT2D eigenvalue weighted by molar-refractivity contribution is 5.82. The third-order valence-corrected chi connectivity index (χ3v) is 6.00. The molecule has 0 bridgehead atoms. The molecule has 0 aliphatic heterocycles. The molecule has 10 nitrogen and oxygen atoms in total. The van der Waals surface area contributed by atoms with Crippen LogP contribution in [-0.4, -0.2) is 39.1 Å². The van der Waals surface area contributed by atoms with Crippen LogP contribution in [0.2, 0.25) is 0 Å². The van der Waals surface area contributed by atoms with Crippen molar-refractivity contribution in [1.29, 1.82) is 0 Å². The summed E-state index contributed by atoms with van der Waals surface area (Å²) in [4.78, 5) is 17.9. The average molecular weight is 470 g/mol. The van der Waals surface area contributed by atoms with Gasteiger partial charge in [-0.25, -0.2) is 4.39 Å².